The predicted octanol–water partition coefficient (Wildman–Crippen LogP) is 2.54. The summed E-state index contributed by atoms with van der Waals surface area (Å²) in [6.45, 7) is 5.90. The van der Waals surface area contributed by atoms with Crippen LogP contribution in [0.1, 0.15) is 27.8 Å². The van der Waals surface area contributed by atoms with E-state index in [0.29, 0.717) is 12.2 Å². The number of carbonyl (C=O) groups excluding carboxylic acids is 1. The molecule has 1 aromatic carbocycles. The summed E-state index contributed by atoms with van der Waals surface area (Å²) in [6.07, 6.45) is -0.421. The average Bonchev–Trinajstić information content (AvgIpc) is 2.12. The summed E-state index contributed by atoms with van der Waals surface area (Å²) in [4.78, 5) is 11.4. The molecule has 0 bridgehead atoms. The Balaban J connectivity index is 0.00000256. The van der Waals surface area contributed by atoms with E-state index in [4.69, 9.17) is 10.5 Å². The number of anilines is 1. The van der Waals surface area contributed by atoms with Crippen molar-refractivity contribution >= 4 is 11.8 Å². The lowest BCUT2D eigenvalue weighted by molar-refractivity contribution is 0.0523. The van der Waals surface area contributed by atoms with Gasteiger partial charge in [-0.3, -0.25) is 0 Å². The van der Waals surface area contributed by atoms with Gasteiger partial charge >= 0.3 is 6.09 Å². The second-order valence-corrected chi connectivity index (χ2v) is 4.60. The van der Waals surface area contributed by atoms with E-state index in [1.807, 2.05) is 39.0 Å². The number of amides is 1. The number of nitrogens with one attached hydrogen (secondary N) is 1. The molecule has 1 aromatic rings. The molecule has 0 atom stereocenters. The quantitative estimate of drug-likeness (QED) is 0.759. The van der Waals surface area contributed by atoms with Gasteiger partial charge in [0.15, 0.2) is 0 Å². The Labute approximate surface area is 97.3 Å². The van der Waals surface area contributed by atoms with E-state index in [1.165, 1.54) is 0 Å². The third-order valence-electron chi connectivity index (χ3n) is 1.79. The molecule has 1 amide bonds. The summed E-state index contributed by atoms with van der Waals surface area (Å²) in [7, 11) is 0. The summed E-state index contributed by atoms with van der Waals surface area (Å²) in [5.41, 5.74) is 6.78. The summed E-state index contributed by atoms with van der Waals surface area (Å²) in [6, 6.07) is 7.36. The highest BCUT2D eigenvalue weighted by Gasteiger charge is 2.15. The molecule has 4 nitrogen and oxygen atoms in total. The fourth-order valence-electron chi connectivity index (χ4n) is 1.19. The number of benzene rings is 1. The van der Waals surface area contributed by atoms with Gasteiger partial charge in [0.1, 0.15) is 5.60 Å². The normalized spacial score (nSPS) is 10.9. The number of ether oxygens (including phenoxy) is 1. The van der Waals surface area contributed by atoms with Crippen LogP contribution in [0.5, 0.6) is 0 Å². The van der Waals surface area contributed by atoms with Crippen LogP contribution in [-0.4, -0.2) is 11.7 Å². The van der Waals surface area contributed by atoms with Gasteiger partial charge in [-0.25, -0.2) is 4.79 Å². The van der Waals surface area contributed by atoms with Crippen LogP contribution < -0.4 is 11.1 Å². The highest BCUT2D eigenvalue weighted by atomic mass is 16.6. The molecule has 0 aromatic heterocycles. The van der Waals surface area contributed by atoms with E-state index >= 15 is 0 Å². The van der Waals surface area contributed by atoms with Gasteiger partial charge in [-0.1, -0.05) is 12.1 Å². The Morgan fingerprint density at radius 1 is 1.50 bits per heavy atom. The maximum absolute atomic E-state index is 11.4. The van der Waals surface area contributed by atoms with Crippen molar-refractivity contribution in [2.75, 3.05) is 5.73 Å². The Kier molecular flexibility index (Phi) is 3.77. The van der Waals surface area contributed by atoms with E-state index < -0.39 is 11.7 Å². The number of rotatable bonds is 2. The van der Waals surface area contributed by atoms with Crippen molar-refractivity contribution in [1.29, 1.82) is 0 Å². The predicted molar refractivity (Wildman–Crippen MR) is 66.0 cm³/mol. The number of hydrogen-bond donors (Lipinski definition) is 2. The van der Waals surface area contributed by atoms with Gasteiger partial charge < -0.3 is 15.8 Å². The first-order chi connectivity index (χ1) is 7.37. The van der Waals surface area contributed by atoms with Gasteiger partial charge in [-0.05, 0) is 38.5 Å². The zero-order chi connectivity index (χ0) is 12.2. The summed E-state index contributed by atoms with van der Waals surface area (Å²) in [5.74, 6) is 0. The minimum Gasteiger partial charge on any atom is -0.444 e. The SMILES string of the molecule is CC(C)(C)OC(=O)NCc1cccc(N)c1.[HH]. The van der Waals surface area contributed by atoms with Crippen LogP contribution in [0, 0.1) is 0 Å². The minimum absolute atomic E-state index is 0. The van der Waals surface area contributed by atoms with Crippen LogP contribution in [0.25, 0.3) is 0 Å². The van der Waals surface area contributed by atoms with Crippen LogP contribution >= 0.6 is 0 Å². The molecular weight excluding hydrogens is 204 g/mol. The Morgan fingerprint density at radius 3 is 2.75 bits per heavy atom. The van der Waals surface area contributed by atoms with E-state index in [9.17, 15) is 4.79 Å². The summed E-state index contributed by atoms with van der Waals surface area (Å²) in [5, 5.41) is 2.67. The first kappa shape index (κ1) is 12.4. The molecule has 0 fully saturated rings. The largest absolute Gasteiger partial charge is 0.444 e. The van der Waals surface area contributed by atoms with Crippen molar-refractivity contribution in [2.45, 2.75) is 32.9 Å². The van der Waals surface area contributed by atoms with Gasteiger partial charge in [-0.15, -0.1) is 0 Å². The monoisotopic (exact) mass is 224 g/mol. The zero-order valence-corrected chi connectivity index (χ0v) is 9.91. The molecule has 0 unspecified atom stereocenters. The van der Waals surface area contributed by atoms with Crippen molar-refractivity contribution in [3.05, 3.63) is 29.8 Å². The fourth-order valence-corrected chi connectivity index (χ4v) is 1.19. The highest BCUT2D eigenvalue weighted by molar-refractivity contribution is 5.67. The lowest BCUT2D eigenvalue weighted by Gasteiger charge is -2.19. The molecule has 90 valence electrons. The molecule has 0 saturated carbocycles. The van der Waals surface area contributed by atoms with E-state index in [2.05, 4.69) is 5.32 Å². The molecule has 0 heterocycles. The molecule has 4 heteroatoms. The van der Waals surface area contributed by atoms with Gasteiger partial charge in [0.25, 0.3) is 0 Å². The number of hydrogen-bond acceptors (Lipinski definition) is 3. The van der Waals surface area contributed by atoms with Crippen molar-refractivity contribution in [3.63, 3.8) is 0 Å². The third kappa shape index (κ3) is 4.68. The standard InChI is InChI=1S/C12H18N2O2.H2/c1-12(2,3)16-11(15)14-8-9-5-4-6-10(13)7-9;/h4-7H,8,13H2,1-3H3,(H,14,15);1H. The second-order valence-electron chi connectivity index (χ2n) is 4.60. The van der Waals surface area contributed by atoms with Gasteiger partial charge in [0.05, 0.1) is 0 Å². The Hall–Kier alpha value is -1.71. The number of nitrogen functional groups attached to an aromatic ring is 1. The Bertz CT molecular complexity index is 375. The lowest BCUT2D eigenvalue weighted by Crippen LogP contribution is -2.32. The van der Waals surface area contributed by atoms with Crippen LogP contribution in [0.3, 0.4) is 0 Å². The summed E-state index contributed by atoms with van der Waals surface area (Å²) >= 11 is 0. The fraction of sp³-hybridized carbons (Fsp3) is 0.417. The molecule has 1 rings (SSSR count). The van der Waals surface area contributed by atoms with Gasteiger partial charge in [-0.2, -0.15) is 0 Å². The number of nitrogens with two attached hydrogens (primary N) is 1. The van der Waals surface area contributed by atoms with E-state index in [0.717, 1.165) is 5.56 Å². The zero-order valence-electron chi connectivity index (χ0n) is 9.91. The van der Waals surface area contributed by atoms with Crippen molar-refractivity contribution in [2.24, 2.45) is 0 Å². The van der Waals surface area contributed by atoms with Crippen molar-refractivity contribution < 1.29 is 11.0 Å². The molecule has 0 saturated heterocycles. The average molecular weight is 224 g/mol. The molecule has 0 spiro atoms. The summed E-state index contributed by atoms with van der Waals surface area (Å²) < 4.78 is 5.11. The van der Waals surface area contributed by atoms with Crippen LogP contribution in [-0.2, 0) is 11.3 Å². The topological polar surface area (TPSA) is 64.3 Å². The third-order valence-corrected chi connectivity index (χ3v) is 1.79. The highest BCUT2D eigenvalue weighted by Crippen LogP contribution is 2.08. The van der Waals surface area contributed by atoms with Crippen LogP contribution in [0.4, 0.5) is 10.5 Å². The van der Waals surface area contributed by atoms with Crippen molar-refractivity contribution in [1.82, 2.24) is 5.32 Å². The first-order valence-electron chi connectivity index (χ1n) is 5.18. The molecule has 0 radical (unpaired) electrons. The first-order valence-corrected chi connectivity index (χ1v) is 5.18. The Morgan fingerprint density at radius 2 is 2.19 bits per heavy atom. The molecule has 0 aliphatic rings. The maximum atomic E-state index is 11.4. The number of alkyl carbamates (subject to hydrolysis) is 1. The van der Waals surface area contributed by atoms with Gasteiger partial charge in [0, 0.05) is 13.7 Å². The number of carbonyl (C=O) groups is 1. The molecular formula is C12H20N2O2. The van der Waals surface area contributed by atoms with Crippen LogP contribution in [0.15, 0.2) is 24.3 Å². The molecule has 0 aliphatic carbocycles. The smallest absolute Gasteiger partial charge is 0.407 e. The minimum atomic E-state index is -0.472. The molecule has 3 N–H and O–H groups in total. The molecule has 16 heavy (non-hydrogen) atoms. The van der Waals surface area contributed by atoms with Gasteiger partial charge in [0.2, 0.25) is 0 Å². The lowest BCUT2D eigenvalue weighted by atomic mass is 10.2. The van der Waals surface area contributed by atoms with Crippen molar-refractivity contribution in [3.8, 4) is 0 Å². The van der Waals surface area contributed by atoms with E-state index in [-0.39, 0.29) is 1.43 Å². The molecule has 0 aliphatic heterocycles. The maximum Gasteiger partial charge on any atom is 0.407 e. The second kappa shape index (κ2) is 4.88. The van der Waals surface area contributed by atoms with Crippen LogP contribution in [0.2, 0.25) is 0 Å². The van der Waals surface area contributed by atoms with E-state index in [1.54, 1.807) is 6.07 Å².